The SMILES string of the molecule is Sc1ccccc1C=N[C@@H]1CCCC[C@H]1N=Cc1ccccc1S. The molecule has 0 spiro atoms. The van der Waals surface area contributed by atoms with Crippen molar-refractivity contribution in [3.8, 4) is 0 Å². The molecular formula is C20H22N2S2. The van der Waals surface area contributed by atoms with Gasteiger partial charge >= 0.3 is 0 Å². The topological polar surface area (TPSA) is 24.7 Å². The molecule has 0 aliphatic heterocycles. The molecule has 0 aromatic heterocycles. The quantitative estimate of drug-likeness (QED) is 0.563. The maximum absolute atomic E-state index is 4.82. The molecule has 0 heterocycles. The van der Waals surface area contributed by atoms with Crippen molar-refractivity contribution in [2.24, 2.45) is 9.98 Å². The second-order valence-corrected chi connectivity index (χ2v) is 7.06. The number of hydrogen-bond donors (Lipinski definition) is 2. The Hall–Kier alpha value is -1.52. The zero-order valence-corrected chi connectivity index (χ0v) is 15.3. The molecule has 3 rings (SSSR count). The molecule has 1 fully saturated rings. The minimum Gasteiger partial charge on any atom is -0.287 e. The normalized spacial score (nSPS) is 21.6. The second kappa shape index (κ2) is 8.54. The van der Waals surface area contributed by atoms with Crippen LogP contribution in [0.1, 0.15) is 36.8 Å². The molecule has 1 aliphatic carbocycles. The average Bonchev–Trinajstić information content (AvgIpc) is 2.61. The molecule has 2 aromatic rings. The Labute approximate surface area is 155 Å². The van der Waals surface area contributed by atoms with Crippen LogP contribution in [0, 0.1) is 0 Å². The maximum atomic E-state index is 4.82. The first kappa shape index (κ1) is 17.3. The number of thiol groups is 2. The molecule has 0 amide bonds. The molecule has 0 radical (unpaired) electrons. The lowest BCUT2D eigenvalue weighted by molar-refractivity contribution is 0.390. The van der Waals surface area contributed by atoms with Crippen LogP contribution in [0.15, 0.2) is 68.3 Å². The van der Waals surface area contributed by atoms with Crippen LogP contribution in [0.4, 0.5) is 0 Å². The van der Waals surface area contributed by atoms with Gasteiger partial charge in [0.1, 0.15) is 0 Å². The van der Waals surface area contributed by atoms with E-state index in [-0.39, 0.29) is 12.1 Å². The van der Waals surface area contributed by atoms with E-state index in [1.807, 2.05) is 61.0 Å². The molecule has 2 aromatic carbocycles. The fourth-order valence-corrected chi connectivity index (χ4v) is 3.42. The molecule has 4 heteroatoms. The highest BCUT2D eigenvalue weighted by Gasteiger charge is 2.23. The van der Waals surface area contributed by atoms with Gasteiger partial charge in [0, 0.05) is 33.3 Å². The van der Waals surface area contributed by atoms with E-state index < -0.39 is 0 Å². The van der Waals surface area contributed by atoms with Gasteiger partial charge in [0.05, 0.1) is 12.1 Å². The maximum Gasteiger partial charge on any atom is 0.0723 e. The van der Waals surface area contributed by atoms with Crippen molar-refractivity contribution in [2.45, 2.75) is 47.6 Å². The van der Waals surface area contributed by atoms with Crippen molar-refractivity contribution >= 4 is 37.7 Å². The van der Waals surface area contributed by atoms with Crippen LogP contribution < -0.4 is 0 Å². The molecule has 0 N–H and O–H groups in total. The minimum absolute atomic E-state index is 0.245. The number of hydrogen-bond acceptors (Lipinski definition) is 4. The van der Waals surface area contributed by atoms with Gasteiger partial charge < -0.3 is 0 Å². The summed E-state index contributed by atoms with van der Waals surface area (Å²) < 4.78 is 0. The van der Waals surface area contributed by atoms with E-state index in [1.165, 1.54) is 12.8 Å². The third-order valence-corrected chi connectivity index (χ3v) is 5.19. The Morgan fingerprint density at radius 3 is 1.54 bits per heavy atom. The Kier molecular flexibility index (Phi) is 6.16. The summed E-state index contributed by atoms with van der Waals surface area (Å²) in [6.45, 7) is 0. The molecule has 0 saturated heterocycles. The van der Waals surface area contributed by atoms with Gasteiger partial charge in [-0.05, 0) is 25.0 Å². The van der Waals surface area contributed by atoms with Crippen molar-refractivity contribution in [1.82, 2.24) is 0 Å². The Bertz CT molecular complexity index is 676. The smallest absolute Gasteiger partial charge is 0.0723 e. The van der Waals surface area contributed by atoms with E-state index in [9.17, 15) is 0 Å². The molecule has 2 atom stereocenters. The summed E-state index contributed by atoms with van der Waals surface area (Å²) in [5.41, 5.74) is 2.13. The van der Waals surface area contributed by atoms with Crippen LogP contribution in [0.2, 0.25) is 0 Å². The lowest BCUT2D eigenvalue weighted by Crippen LogP contribution is -2.27. The summed E-state index contributed by atoms with van der Waals surface area (Å²) in [4.78, 5) is 11.6. The fourth-order valence-electron chi connectivity index (χ4n) is 2.98. The van der Waals surface area contributed by atoms with Crippen molar-refractivity contribution in [1.29, 1.82) is 0 Å². The van der Waals surface area contributed by atoms with E-state index in [1.54, 1.807) is 0 Å². The van der Waals surface area contributed by atoms with Crippen molar-refractivity contribution in [2.75, 3.05) is 0 Å². The summed E-state index contributed by atoms with van der Waals surface area (Å²) in [5.74, 6) is 0. The van der Waals surface area contributed by atoms with E-state index in [2.05, 4.69) is 25.3 Å². The Morgan fingerprint density at radius 2 is 1.12 bits per heavy atom. The fraction of sp³-hybridized carbons (Fsp3) is 0.300. The number of benzene rings is 2. The van der Waals surface area contributed by atoms with E-state index in [0.717, 1.165) is 33.8 Å². The highest BCUT2D eigenvalue weighted by molar-refractivity contribution is 7.80. The predicted octanol–water partition coefficient (Wildman–Crippen LogP) is 5.11. The standard InChI is InChI=1S/C20H22N2S2/c23-19-11-5-1-7-15(19)13-21-17-9-3-4-10-18(17)22-14-16-8-2-6-12-20(16)24/h1-2,5-8,11-14,17-18,23-24H,3-4,9-10H2/t17-,18-/m1/s1. The first-order chi connectivity index (χ1) is 11.7. The molecule has 0 unspecified atom stereocenters. The Morgan fingerprint density at radius 1 is 0.708 bits per heavy atom. The molecule has 1 aliphatic rings. The van der Waals surface area contributed by atoms with Crippen LogP contribution in [0.5, 0.6) is 0 Å². The van der Waals surface area contributed by atoms with E-state index in [0.29, 0.717) is 0 Å². The van der Waals surface area contributed by atoms with Crippen LogP contribution in [-0.2, 0) is 0 Å². The molecular weight excluding hydrogens is 332 g/mol. The number of aliphatic imine (C=N–C) groups is 2. The van der Waals surface area contributed by atoms with Crippen LogP contribution in [-0.4, -0.2) is 24.5 Å². The predicted molar refractivity (Wildman–Crippen MR) is 109 cm³/mol. The molecule has 2 nitrogen and oxygen atoms in total. The lowest BCUT2D eigenvalue weighted by Gasteiger charge is -2.25. The largest absolute Gasteiger partial charge is 0.287 e. The van der Waals surface area contributed by atoms with Gasteiger partial charge in [-0.15, -0.1) is 25.3 Å². The van der Waals surface area contributed by atoms with Crippen molar-refractivity contribution in [3.63, 3.8) is 0 Å². The van der Waals surface area contributed by atoms with E-state index in [4.69, 9.17) is 9.98 Å². The van der Waals surface area contributed by atoms with Crippen molar-refractivity contribution < 1.29 is 0 Å². The van der Waals surface area contributed by atoms with Gasteiger partial charge in [0.15, 0.2) is 0 Å². The highest BCUT2D eigenvalue weighted by Crippen LogP contribution is 2.24. The Balaban J connectivity index is 1.74. The molecule has 0 bridgehead atoms. The summed E-state index contributed by atoms with van der Waals surface area (Å²) in [6.07, 6.45) is 8.53. The van der Waals surface area contributed by atoms with Gasteiger partial charge in [-0.3, -0.25) is 9.98 Å². The monoisotopic (exact) mass is 354 g/mol. The lowest BCUT2D eigenvalue weighted by atomic mass is 9.91. The van der Waals surface area contributed by atoms with E-state index >= 15 is 0 Å². The third kappa shape index (κ3) is 4.52. The summed E-state index contributed by atoms with van der Waals surface area (Å²) in [6, 6.07) is 16.6. The highest BCUT2D eigenvalue weighted by atomic mass is 32.1. The van der Waals surface area contributed by atoms with Crippen LogP contribution in [0.25, 0.3) is 0 Å². The van der Waals surface area contributed by atoms with Crippen LogP contribution in [0.3, 0.4) is 0 Å². The zero-order valence-electron chi connectivity index (χ0n) is 13.5. The first-order valence-electron chi connectivity index (χ1n) is 8.36. The molecule has 124 valence electrons. The first-order valence-corrected chi connectivity index (χ1v) is 9.26. The van der Waals surface area contributed by atoms with Gasteiger partial charge in [0.25, 0.3) is 0 Å². The van der Waals surface area contributed by atoms with Gasteiger partial charge in [-0.2, -0.15) is 0 Å². The number of rotatable bonds is 4. The van der Waals surface area contributed by atoms with Gasteiger partial charge in [-0.25, -0.2) is 0 Å². The summed E-state index contributed by atoms with van der Waals surface area (Å²) in [5, 5.41) is 0. The minimum atomic E-state index is 0.245. The van der Waals surface area contributed by atoms with Gasteiger partial charge in [0.2, 0.25) is 0 Å². The van der Waals surface area contributed by atoms with Crippen LogP contribution >= 0.6 is 25.3 Å². The zero-order chi connectivity index (χ0) is 16.8. The summed E-state index contributed by atoms with van der Waals surface area (Å²) in [7, 11) is 0. The van der Waals surface area contributed by atoms with Crippen molar-refractivity contribution in [3.05, 3.63) is 59.7 Å². The molecule has 1 saturated carbocycles. The molecule has 24 heavy (non-hydrogen) atoms. The average molecular weight is 355 g/mol. The third-order valence-electron chi connectivity index (χ3n) is 4.38. The number of nitrogens with zero attached hydrogens (tertiary/aromatic N) is 2. The second-order valence-electron chi connectivity index (χ2n) is 6.09. The summed E-state index contributed by atoms with van der Waals surface area (Å²) >= 11 is 8.98. The van der Waals surface area contributed by atoms with Gasteiger partial charge in [-0.1, -0.05) is 49.2 Å².